The number of benzene rings is 2. The highest BCUT2D eigenvalue weighted by molar-refractivity contribution is 7.88. The quantitative estimate of drug-likeness (QED) is 0.721. The van der Waals surface area contributed by atoms with Crippen LogP contribution in [0.4, 0.5) is 10.1 Å². The fourth-order valence-corrected chi connectivity index (χ4v) is 3.93. The van der Waals surface area contributed by atoms with Gasteiger partial charge in [-0.05, 0) is 62.7 Å². The monoisotopic (exact) mass is 394 g/mol. The number of hydrogen-bond donors (Lipinski definition) is 2. The molecule has 8 heteroatoms. The summed E-state index contributed by atoms with van der Waals surface area (Å²) in [5.74, 6) is -0.629. The molecule has 0 heterocycles. The van der Waals surface area contributed by atoms with Gasteiger partial charge in [-0.1, -0.05) is 12.1 Å². The molecule has 2 aromatic carbocycles. The van der Waals surface area contributed by atoms with Crippen LogP contribution in [0, 0.1) is 5.82 Å². The van der Waals surface area contributed by atoms with Crippen molar-refractivity contribution >= 4 is 21.6 Å². The molecule has 1 amide bonds. The summed E-state index contributed by atoms with van der Waals surface area (Å²) in [6.45, 7) is 5.35. The Morgan fingerprint density at radius 3 is 2.22 bits per heavy atom. The topological polar surface area (TPSA) is 84.5 Å². The van der Waals surface area contributed by atoms with Gasteiger partial charge in [0, 0.05) is 5.69 Å². The molecule has 2 N–H and O–H groups in total. The lowest BCUT2D eigenvalue weighted by atomic mass is 10.1. The van der Waals surface area contributed by atoms with Crippen molar-refractivity contribution < 1.29 is 22.3 Å². The Hall–Kier alpha value is -2.45. The molecular formula is C19H23FN2O4S. The number of amides is 1. The summed E-state index contributed by atoms with van der Waals surface area (Å²) in [7, 11) is -3.81. The maximum Gasteiger partial charge on any atom is 0.245 e. The Balaban J connectivity index is 2.02. The maximum atomic E-state index is 12.9. The second kappa shape index (κ2) is 8.49. The third kappa shape index (κ3) is 6.33. The van der Waals surface area contributed by atoms with E-state index in [0.717, 1.165) is 0 Å². The first-order valence-corrected chi connectivity index (χ1v) is 10.1. The number of ether oxygens (including phenoxy) is 1. The number of carbonyl (C=O) groups is 1. The van der Waals surface area contributed by atoms with E-state index in [-0.39, 0.29) is 5.75 Å². The molecule has 2 aromatic rings. The maximum absolute atomic E-state index is 12.9. The van der Waals surface area contributed by atoms with E-state index in [4.69, 9.17) is 4.74 Å². The van der Waals surface area contributed by atoms with Crippen LogP contribution in [0.15, 0.2) is 48.5 Å². The third-order valence-electron chi connectivity index (χ3n) is 3.67. The summed E-state index contributed by atoms with van der Waals surface area (Å²) >= 11 is 0. The molecular weight excluding hydrogens is 371 g/mol. The molecule has 0 saturated carbocycles. The van der Waals surface area contributed by atoms with Crippen LogP contribution in [-0.4, -0.2) is 26.5 Å². The first kappa shape index (κ1) is 20.9. The summed E-state index contributed by atoms with van der Waals surface area (Å²) in [4.78, 5) is 12.5. The zero-order valence-corrected chi connectivity index (χ0v) is 16.3. The van der Waals surface area contributed by atoms with Crippen molar-refractivity contribution in [1.82, 2.24) is 4.72 Å². The predicted molar refractivity (Wildman–Crippen MR) is 102 cm³/mol. The van der Waals surface area contributed by atoms with Crippen LogP contribution in [0.25, 0.3) is 0 Å². The summed E-state index contributed by atoms with van der Waals surface area (Å²) in [5, 5.41) is 2.67. The van der Waals surface area contributed by atoms with Crippen LogP contribution in [-0.2, 0) is 20.6 Å². The lowest BCUT2D eigenvalue weighted by Gasteiger charge is -2.25. The highest BCUT2D eigenvalue weighted by Crippen LogP contribution is 2.18. The molecule has 0 fully saturated rings. The zero-order valence-electron chi connectivity index (χ0n) is 15.5. The van der Waals surface area contributed by atoms with Crippen LogP contribution in [0.2, 0.25) is 0 Å². The average Bonchev–Trinajstić information content (AvgIpc) is 2.58. The second-order valence-corrected chi connectivity index (χ2v) is 8.25. The molecule has 0 spiro atoms. The Kier molecular flexibility index (Phi) is 6.56. The Labute approximate surface area is 158 Å². The van der Waals surface area contributed by atoms with E-state index in [1.165, 1.54) is 38.1 Å². The van der Waals surface area contributed by atoms with Crippen LogP contribution in [0.3, 0.4) is 0 Å². The number of anilines is 1. The fraction of sp³-hybridized carbons (Fsp3) is 0.316. The smallest absolute Gasteiger partial charge is 0.245 e. The highest BCUT2D eigenvalue weighted by atomic mass is 32.2. The van der Waals surface area contributed by atoms with Gasteiger partial charge in [-0.15, -0.1) is 0 Å². The Morgan fingerprint density at radius 1 is 1.07 bits per heavy atom. The minimum absolute atomic E-state index is 0.354. The Morgan fingerprint density at radius 2 is 1.67 bits per heavy atom. The van der Waals surface area contributed by atoms with Crippen molar-refractivity contribution in [3.63, 3.8) is 0 Å². The number of halogens is 1. The molecule has 0 saturated heterocycles. The largest absolute Gasteiger partial charge is 0.494 e. The van der Waals surface area contributed by atoms with Crippen LogP contribution in [0.5, 0.6) is 5.75 Å². The summed E-state index contributed by atoms with van der Waals surface area (Å²) in [6.07, 6.45) is 0. The van der Waals surface area contributed by atoms with E-state index < -0.39 is 27.3 Å². The molecule has 0 aliphatic carbocycles. The number of rotatable bonds is 8. The zero-order chi connectivity index (χ0) is 20.1. The van der Waals surface area contributed by atoms with Gasteiger partial charge in [-0.25, -0.2) is 12.8 Å². The van der Waals surface area contributed by atoms with E-state index in [2.05, 4.69) is 10.0 Å². The van der Waals surface area contributed by atoms with E-state index in [1.54, 1.807) is 24.3 Å². The van der Waals surface area contributed by atoms with Gasteiger partial charge in [0.05, 0.1) is 12.4 Å². The van der Waals surface area contributed by atoms with Crippen LogP contribution in [0.1, 0.15) is 26.3 Å². The molecule has 0 aromatic heterocycles. The van der Waals surface area contributed by atoms with Gasteiger partial charge >= 0.3 is 0 Å². The van der Waals surface area contributed by atoms with E-state index in [0.29, 0.717) is 23.6 Å². The van der Waals surface area contributed by atoms with Crippen molar-refractivity contribution in [1.29, 1.82) is 0 Å². The SMILES string of the molecule is CCOc1ccc(NC(=O)C(C)(C)NS(=O)(=O)Cc2ccc(F)cc2)cc1. The van der Waals surface area contributed by atoms with Gasteiger partial charge < -0.3 is 10.1 Å². The van der Waals surface area contributed by atoms with Gasteiger partial charge in [0.15, 0.2) is 0 Å². The standard InChI is InChI=1S/C19H23FN2O4S/c1-4-26-17-11-9-16(10-12-17)21-18(23)19(2,3)22-27(24,25)13-14-5-7-15(20)8-6-14/h5-12,22H,4,13H2,1-3H3,(H,21,23). The van der Waals surface area contributed by atoms with Crippen molar-refractivity contribution in [3.05, 3.63) is 59.9 Å². The molecule has 0 radical (unpaired) electrons. The highest BCUT2D eigenvalue weighted by Gasteiger charge is 2.32. The molecule has 27 heavy (non-hydrogen) atoms. The minimum Gasteiger partial charge on any atom is -0.494 e. The number of sulfonamides is 1. The summed E-state index contributed by atoms with van der Waals surface area (Å²) in [5.41, 5.74) is -0.432. The molecule has 0 unspecified atom stereocenters. The molecule has 2 rings (SSSR count). The van der Waals surface area contributed by atoms with Crippen molar-refractivity contribution in [3.8, 4) is 5.75 Å². The first-order valence-electron chi connectivity index (χ1n) is 8.42. The van der Waals surface area contributed by atoms with E-state index in [9.17, 15) is 17.6 Å². The lowest BCUT2D eigenvalue weighted by molar-refractivity contribution is -0.120. The lowest BCUT2D eigenvalue weighted by Crippen LogP contribution is -2.52. The third-order valence-corrected chi connectivity index (χ3v) is 5.21. The summed E-state index contributed by atoms with van der Waals surface area (Å²) in [6, 6.07) is 11.9. The van der Waals surface area contributed by atoms with E-state index in [1.807, 2.05) is 6.92 Å². The predicted octanol–water partition coefficient (Wildman–Crippen LogP) is 3.06. The van der Waals surface area contributed by atoms with Gasteiger partial charge in [-0.2, -0.15) is 4.72 Å². The number of nitrogens with one attached hydrogen (secondary N) is 2. The molecule has 0 aliphatic rings. The van der Waals surface area contributed by atoms with Crippen molar-refractivity contribution in [2.75, 3.05) is 11.9 Å². The van der Waals surface area contributed by atoms with Crippen molar-refractivity contribution in [2.45, 2.75) is 32.1 Å². The molecule has 146 valence electrons. The number of carbonyl (C=O) groups excluding carboxylic acids is 1. The van der Waals surface area contributed by atoms with Crippen LogP contribution < -0.4 is 14.8 Å². The first-order chi connectivity index (χ1) is 12.6. The van der Waals surface area contributed by atoms with E-state index >= 15 is 0 Å². The second-order valence-electron chi connectivity index (χ2n) is 6.52. The van der Waals surface area contributed by atoms with Crippen LogP contribution >= 0.6 is 0 Å². The molecule has 0 aliphatic heterocycles. The molecule has 6 nitrogen and oxygen atoms in total. The van der Waals surface area contributed by atoms with Gasteiger partial charge in [0.25, 0.3) is 0 Å². The Bertz CT molecular complexity index is 879. The van der Waals surface area contributed by atoms with Gasteiger partial charge in [0.1, 0.15) is 17.1 Å². The van der Waals surface area contributed by atoms with Gasteiger partial charge in [-0.3, -0.25) is 4.79 Å². The molecule has 0 bridgehead atoms. The fourth-order valence-electron chi connectivity index (χ4n) is 2.36. The minimum atomic E-state index is -3.81. The normalized spacial score (nSPS) is 11.9. The summed E-state index contributed by atoms with van der Waals surface area (Å²) < 4.78 is 45.4. The molecule has 0 atom stereocenters. The average molecular weight is 394 g/mol. The number of hydrogen-bond acceptors (Lipinski definition) is 4. The van der Waals surface area contributed by atoms with Gasteiger partial charge in [0.2, 0.25) is 15.9 Å². The van der Waals surface area contributed by atoms with Crippen molar-refractivity contribution in [2.24, 2.45) is 0 Å².